The van der Waals surface area contributed by atoms with Crippen molar-refractivity contribution in [1.82, 2.24) is 24.5 Å². The van der Waals surface area contributed by atoms with Crippen molar-refractivity contribution in [2.75, 3.05) is 7.05 Å². The summed E-state index contributed by atoms with van der Waals surface area (Å²) in [4.78, 5) is 22.3. The number of aryl methyl sites for hydroxylation is 2. The Morgan fingerprint density at radius 2 is 2.00 bits per heavy atom. The van der Waals surface area contributed by atoms with Crippen molar-refractivity contribution in [3.05, 3.63) is 58.9 Å². The molecule has 0 saturated heterocycles. The Balaban J connectivity index is 1.88. The maximum absolute atomic E-state index is 13.7. The fraction of sp³-hybridized carbons (Fsp3) is 0.250. The van der Waals surface area contributed by atoms with Gasteiger partial charge in [-0.05, 0) is 26.0 Å². The van der Waals surface area contributed by atoms with E-state index >= 15 is 0 Å². The molecule has 0 spiro atoms. The summed E-state index contributed by atoms with van der Waals surface area (Å²) in [6.07, 6.45) is 0. The van der Waals surface area contributed by atoms with E-state index in [1.807, 2.05) is 19.9 Å². The van der Waals surface area contributed by atoms with Crippen LogP contribution < -0.4 is 0 Å². The predicted octanol–water partition coefficient (Wildman–Crippen LogP) is 2.15. The minimum atomic E-state index is -0.379. The molecule has 3 aromatic rings. The van der Waals surface area contributed by atoms with E-state index in [4.69, 9.17) is 0 Å². The number of fused-ring (bicyclic) bond motifs is 1. The first kappa shape index (κ1) is 15.1. The lowest BCUT2D eigenvalue weighted by molar-refractivity contribution is 0.0772. The second kappa shape index (κ2) is 5.75. The molecule has 0 aliphatic rings. The van der Waals surface area contributed by atoms with Crippen molar-refractivity contribution in [1.29, 1.82) is 0 Å². The van der Waals surface area contributed by atoms with Gasteiger partial charge in [0, 0.05) is 30.5 Å². The number of halogens is 1. The van der Waals surface area contributed by atoms with Crippen molar-refractivity contribution < 1.29 is 9.18 Å². The standard InChI is InChI=1S/C16H16FN5O/c1-10-8-11(2)22-16(18-10)19-14(20-22)15(23)21(3)9-12-6-4-5-7-13(12)17/h4-8H,9H2,1-3H3. The molecule has 0 fully saturated rings. The number of carbonyl (C=O) groups excluding carboxylic acids is 1. The first-order valence-electron chi connectivity index (χ1n) is 7.15. The Hall–Kier alpha value is -2.83. The summed E-state index contributed by atoms with van der Waals surface area (Å²) in [5, 5.41) is 4.20. The number of carbonyl (C=O) groups is 1. The molecule has 6 nitrogen and oxygen atoms in total. The summed E-state index contributed by atoms with van der Waals surface area (Å²) in [7, 11) is 1.59. The van der Waals surface area contributed by atoms with E-state index in [-0.39, 0.29) is 24.1 Å². The molecule has 0 aliphatic heterocycles. The van der Waals surface area contributed by atoms with Crippen LogP contribution in [0.5, 0.6) is 0 Å². The first-order chi connectivity index (χ1) is 11.0. The molecular weight excluding hydrogens is 297 g/mol. The Bertz CT molecular complexity index is 889. The van der Waals surface area contributed by atoms with Gasteiger partial charge in [0.2, 0.25) is 5.82 Å². The minimum absolute atomic E-state index is 0.0463. The van der Waals surface area contributed by atoms with Crippen LogP contribution >= 0.6 is 0 Å². The van der Waals surface area contributed by atoms with Crippen LogP contribution in [-0.2, 0) is 6.54 Å². The van der Waals surface area contributed by atoms with Gasteiger partial charge in [-0.3, -0.25) is 4.79 Å². The van der Waals surface area contributed by atoms with E-state index in [9.17, 15) is 9.18 Å². The highest BCUT2D eigenvalue weighted by Gasteiger charge is 2.19. The van der Waals surface area contributed by atoms with Gasteiger partial charge in [-0.1, -0.05) is 18.2 Å². The van der Waals surface area contributed by atoms with Crippen LogP contribution in [-0.4, -0.2) is 37.4 Å². The largest absolute Gasteiger partial charge is 0.334 e. The molecule has 1 aromatic carbocycles. The highest BCUT2D eigenvalue weighted by atomic mass is 19.1. The number of rotatable bonds is 3. The zero-order valence-corrected chi connectivity index (χ0v) is 13.1. The Morgan fingerprint density at radius 1 is 1.26 bits per heavy atom. The van der Waals surface area contributed by atoms with Crippen molar-refractivity contribution in [3.63, 3.8) is 0 Å². The van der Waals surface area contributed by atoms with Gasteiger partial charge < -0.3 is 4.90 Å². The average molecular weight is 313 g/mol. The van der Waals surface area contributed by atoms with Gasteiger partial charge in [0.05, 0.1) is 0 Å². The highest BCUT2D eigenvalue weighted by molar-refractivity contribution is 5.90. The lowest BCUT2D eigenvalue weighted by Gasteiger charge is -2.15. The summed E-state index contributed by atoms with van der Waals surface area (Å²) in [6.45, 7) is 3.87. The van der Waals surface area contributed by atoms with Crippen molar-refractivity contribution in [2.45, 2.75) is 20.4 Å². The van der Waals surface area contributed by atoms with Crippen LogP contribution in [0.4, 0.5) is 4.39 Å². The number of hydrogen-bond acceptors (Lipinski definition) is 4. The highest BCUT2D eigenvalue weighted by Crippen LogP contribution is 2.11. The smallest absolute Gasteiger partial charge is 0.293 e. The summed E-state index contributed by atoms with van der Waals surface area (Å²) in [5.74, 6) is -0.297. The van der Waals surface area contributed by atoms with Crippen LogP contribution in [0.2, 0.25) is 0 Å². The molecular formula is C16H16FN5O. The van der Waals surface area contributed by atoms with E-state index in [0.717, 1.165) is 11.4 Å². The fourth-order valence-corrected chi connectivity index (χ4v) is 2.38. The SMILES string of the molecule is Cc1cc(C)n2nc(C(=O)N(C)Cc3ccccc3F)nc2n1. The predicted molar refractivity (Wildman–Crippen MR) is 82.5 cm³/mol. The maximum Gasteiger partial charge on any atom is 0.293 e. The van der Waals surface area contributed by atoms with E-state index in [2.05, 4.69) is 15.1 Å². The molecule has 2 heterocycles. The Kier molecular flexibility index (Phi) is 3.77. The first-order valence-corrected chi connectivity index (χ1v) is 7.15. The molecule has 0 unspecified atom stereocenters. The lowest BCUT2D eigenvalue weighted by Crippen LogP contribution is -2.27. The summed E-state index contributed by atoms with van der Waals surface area (Å²) < 4.78 is 15.2. The number of hydrogen-bond donors (Lipinski definition) is 0. The molecule has 0 saturated carbocycles. The van der Waals surface area contributed by atoms with Gasteiger partial charge in [0.25, 0.3) is 11.7 Å². The topological polar surface area (TPSA) is 63.4 Å². The molecule has 3 rings (SSSR count). The monoisotopic (exact) mass is 313 g/mol. The van der Waals surface area contributed by atoms with Crippen molar-refractivity contribution in [2.24, 2.45) is 0 Å². The normalized spacial score (nSPS) is 11.0. The van der Waals surface area contributed by atoms with Gasteiger partial charge in [0.15, 0.2) is 0 Å². The molecule has 0 radical (unpaired) electrons. The third-order valence-corrected chi connectivity index (χ3v) is 3.52. The molecule has 2 aromatic heterocycles. The summed E-state index contributed by atoms with van der Waals surface area (Å²) in [5.41, 5.74) is 2.09. The van der Waals surface area contributed by atoms with Crippen LogP contribution in [0.25, 0.3) is 5.78 Å². The van der Waals surface area contributed by atoms with Gasteiger partial charge >= 0.3 is 0 Å². The molecule has 118 valence electrons. The third kappa shape index (κ3) is 2.90. The number of benzene rings is 1. The van der Waals surface area contributed by atoms with Crippen LogP contribution in [0.3, 0.4) is 0 Å². The number of aromatic nitrogens is 4. The molecule has 0 bridgehead atoms. The molecule has 0 aliphatic carbocycles. The molecule has 7 heteroatoms. The van der Waals surface area contributed by atoms with Crippen LogP contribution in [0, 0.1) is 19.7 Å². The van der Waals surface area contributed by atoms with E-state index in [0.29, 0.717) is 11.3 Å². The summed E-state index contributed by atoms with van der Waals surface area (Å²) in [6, 6.07) is 8.22. The Morgan fingerprint density at radius 3 is 2.74 bits per heavy atom. The molecule has 0 atom stereocenters. The van der Waals surface area contributed by atoms with E-state index < -0.39 is 0 Å². The fourth-order valence-electron chi connectivity index (χ4n) is 2.38. The van der Waals surface area contributed by atoms with Crippen molar-refractivity contribution >= 4 is 11.7 Å². The zero-order valence-electron chi connectivity index (χ0n) is 13.1. The zero-order chi connectivity index (χ0) is 16.6. The average Bonchev–Trinajstić information content (AvgIpc) is 2.93. The van der Waals surface area contributed by atoms with Gasteiger partial charge in [-0.15, -0.1) is 5.10 Å². The van der Waals surface area contributed by atoms with Gasteiger partial charge in [-0.25, -0.2) is 13.9 Å². The quantitative estimate of drug-likeness (QED) is 0.743. The van der Waals surface area contributed by atoms with Gasteiger partial charge in [0.1, 0.15) is 5.82 Å². The third-order valence-electron chi connectivity index (χ3n) is 3.52. The van der Waals surface area contributed by atoms with Crippen LogP contribution in [0.1, 0.15) is 27.6 Å². The number of amides is 1. The van der Waals surface area contributed by atoms with Crippen molar-refractivity contribution in [3.8, 4) is 0 Å². The lowest BCUT2D eigenvalue weighted by atomic mass is 10.2. The molecule has 0 N–H and O–H groups in total. The van der Waals surface area contributed by atoms with E-state index in [1.165, 1.54) is 15.5 Å². The summed E-state index contributed by atoms with van der Waals surface area (Å²) >= 11 is 0. The number of nitrogens with zero attached hydrogens (tertiary/aromatic N) is 5. The van der Waals surface area contributed by atoms with Crippen LogP contribution in [0.15, 0.2) is 30.3 Å². The molecule has 1 amide bonds. The second-order valence-electron chi connectivity index (χ2n) is 5.44. The van der Waals surface area contributed by atoms with Gasteiger partial charge in [-0.2, -0.15) is 4.98 Å². The second-order valence-corrected chi connectivity index (χ2v) is 5.44. The maximum atomic E-state index is 13.7. The Labute approximate surface area is 132 Å². The van der Waals surface area contributed by atoms with E-state index in [1.54, 1.807) is 25.2 Å². The minimum Gasteiger partial charge on any atom is -0.334 e. The molecule has 23 heavy (non-hydrogen) atoms.